The smallest absolute Gasteiger partial charge is 0.119 e. The largest absolute Gasteiger partial charge is 0.494 e. The predicted octanol–water partition coefficient (Wildman–Crippen LogP) is 1.91. The average Bonchev–Trinajstić information content (AvgIpc) is 2.94. The summed E-state index contributed by atoms with van der Waals surface area (Å²) in [5.41, 5.74) is 8.70. The van der Waals surface area contributed by atoms with Crippen LogP contribution < -0.4 is 10.5 Å². The summed E-state index contributed by atoms with van der Waals surface area (Å²) < 4.78 is 12.8. The van der Waals surface area contributed by atoms with E-state index in [9.17, 15) is 0 Å². The highest BCUT2D eigenvalue weighted by molar-refractivity contribution is 5.27. The van der Waals surface area contributed by atoms with Gasteiger partial charge >= 0.3 is 0 Å². The van der Waals surface area contributed by atoms with Crippen LogP contribution in [0.1, 0.15) is 30.3 Å². The van der Waals surface area contributed by atoms with Crippen molar-refractivity contribution in [3.05, 3.63) is 41.2 Å². The standard InChI is InChI=1S/C16H24N4O2/c1-3-13-5-7-14(8-6-13)22-10-4-9-20-16(12-21-2)15(11-17)18-19-20/h5-8H,3-4,9-12,17H2,1-2H3. The molecule has 6 nitrogen and oxygen atoms in total. The van der Waals surface area contributed by atoms with Gasteiger partial charge in [0.15, 0.2) is 0 Å². The number of aromatic nitrogens is 3. The molecule has 6 heteroatoms. The van der Waals surface area contributed by atoms with E-state index in [-0.39, 0.29) is 0 Å². The normalized spacial score (nSPS) is 10.9. The molecule has 0 bridgehead atoms. The lowest BCUT2D eigenvalue weighted by Crippen LogP contribution is -2.11. The molecule has 0 spiro atoms. The fourth-order valence-corrected chi connectivity index (χ4v) is 2.23. The van der Waals surface area contributed by atoms with E-state index in [1.165, 1.54) is 5.56 Å². The first kappa shape index (κ1) is 16.5. The molecule has 1 heterocycles. The second-order valence-corrected chi connectivity index (χ2v) is 5.04. The highest BCUT2D eigenvalue weighted by atomic mass is 16.5. The van der Waals surface area contributed by atoms with Gasteiger partial charge in [-0.05, 0) is 24.1 Å². The maximum atomic E-state index is 5.74. The third kappa shape index (κ3) is 4.29. The predicted molar refractivity (Wildman–Crippen MR) is 84.6 cm³/mol. The molecule has 0 saturated carbocycles. The molecule has 0 aliphatic carbocycles. The maximum Gasteiger partial charge on any atom is 0.119 e. The summed E-state index contributed by atoms with van der Waals surface area (Å²) in [6.45, 7) is 4.35. The molecule has 1 aromatic heterocycles. The highest BCUT2D eigenvalue weighted by Crippen LogP contribution is 2.13. The molecule has 0 atom stereocenters. The van der Waals surface area contributed by atoms with Crippen molar-refractivity contribution in [2.45, 2.75) is 39.5 Å². The number of rotatable bonds is 9. The number of nitrogens with zero attached hydrogens (tertiary/aromatic N) is 3. The number of aryl methyl sites for hydroxylation is 2. The molecule has 1 aromatic carbocycles. The molecular formula is C16H24N4O2. The highest BCUT2D eigenvalue weighted by Gasteiger charge is 2.10. The van der Waals surface area contributed by atoms with Crippen LogP contribution in [-0.2, 0) is 30.9 Å². The van der Waals surface area contributed by atoms with E-state index >= 15 is 0 Å². The summed E-state index contributed by atoms with van der Waals surface area (Å²) in [5, 5.41) is 8.20. The number of benzene rings is 1. The fraction of sp³-hybridized carbons (Fsp3) is 0.500. The summed E-state index contributed by atoms with van der Waals surface area (Å²) in [6.07, 6.45) is 1.89. The van der Waals surface area contributed by atoms with Crippen molar-refractivity contribution < 1.29 is 9.47 Å². The van der Waals surface area contributed by atoms with Gasteiger partial charge in [-0.15, -0.1) is 5.10 Å². The van der Waals surface area contributed by atoms with E-state index in [0.29, 0.717) is 19.8 Å². The van der Waals surface area contributed by atoms with Gasteiger partial charge in [-0.2, -0.15) is 0 Å². The van der Waals surface area contributed by atoms with Crippen molar-refractivity contribution >= 4 is 0 Å². The van der Waals surface area contributed by atoms with Crippen LogP contribution in [0, 0.1) is 0 Å². The van der Waals surface area contributed by atoms with Gasteiger partial charge in [-0.25, -0.2) is 4.68 Å². The fourth-order valence-electron chi connectivity index (χ4n) is 2.23. The zero-order chi connectivity index (χ0) is 15.8. The Bertz CT molecular complexity index is 566. The third-order valence-electron chi connectivity index (χ3n) is 3.51. The summed E-state index contributed by atoms with van der Waals surface area (Å²) in [6, 6.07) is 8.21. The van der Waals surface area contributed by atoms with Crippen LogP contribution in [0.5, 0.6) is 5.75 Å². The Balaban J connectivity index is 1.82. The molecule has 0 fully saturated rings. The summed E-state index contributed by atoms with van der Waals surface area (Å²) >= 11 is 0. The zero-order valence-electron chi connectivity index (χ0n) is 13.3. The van der Waals surface area contributed by atoms with Gasteiger partial charge in [0.2, 0.25) is 0 Å². The lowest BCUT2D eigenvalue weighted by atomic mass is 10.2. The van der Waals surface area contributed by atoms with Gasteiger partial charge in [0, 0.05) is 26.6 Å². The lowest BCUT2D eigenvalue weighted by Gasteiger charge is -2.09. The number of nitrogens with two attached hydrogens (primary N) is 1. The Morgan fingerprint density at radius 1 is 1.23 bits per heavy atom. The van der Waals surface area contributed by atoms with Crippen molar-refractivity contribution in [1.82, 2.24) is 15.0 Å². The Kier molecular flexibility index (Phi) is 6.36. The number of methoxy groups -OCH3 is 1. The molecule has 0 saturated heterocycles. The number of ether oxygens (including phenoxy) is 2. The van der Waals surface area contributed by atoms with Crippen LogP contribution in [0.3, 0.4) is 0 Å². The van der Waals surface area contributed by atoms with Crippen LogP contribution in [-0.4, -0.2) is 28.7 Å². The molecule has 0 amide bonds. The van der Waals surface area contributed by atoms with Crippen LogP contribution in [0.25, 0.3) is 0 Å². The van der Waals surface area contributed by atoms with Gasteiger partial charge in [0.25, 0.3) is 0 Å². The Labute approximate surface area is 131 Å². The Morgan fingerprint density at radius 3 is 2.64 bits per heavy atom. The second kappa shape index (κ2) is 8.51. The van der Waals surface area contributed by atoms with E-state index in [4.69, 9.17) is 15.2 Å². The second-order valence-electron chi connectivity index (χ2n) is 5.04. The minimum atomic E-state index is 0.374. The van der Waals surface area contributed by atoms with Gasteiger partial charge in [0.05, 0.1) is 18.9 Å². The van der Waals surface area contributed by atoms with Gasteiger partial charge in [0.1, 0.15) is 11.4 Å². The SMILES string of the molecule is CCc1ccc(OCCCn2nnc(CN)c2COC)cc1. The molecule has 0 aliphatic rings. The number of hydrogen-bond acceptors (Lipinski definition) is 5. The van der Waals surface area contributed by atoms with Crippen molar-refractivity contribution in [3.8, 4) is 5.75 Å². The summed E-state index contributed by atoms with van der Waals surface area (Å²) in [5.74, 6) is 0.899. The maximum absolute atomic E-state index is 5.74. The molecule has 2 aromatic rings. The summed E-state index contributed by atoms with van der Waals surface area (Å²) in [7, 11) is 1.65. The van der Waals surface area contributed by atoms with Crippen LogP contribution in [0.4, 0.5) is 0 Å². The van der Waals surface area contributed by atoms with Crippen molar-refractivity contribution in [1.29, 1.82) is 0 Å². The van der Waals surface area contributed by atoms with E-state index in [2.05, 4.69) is 29.4 Å². The topological polar surface area (TPSA) is 75.2 Å². The summed E-state index contributed by atoms with van der Waals surface area (Å²) in [4.78, 5) is 0. The van der Waals surface area contributed by atoms with Crippen LogP contribution in [0.15, 0.2) is 24.3 Å². The molecule has 22 heavy (non-hydrogen) atoms. The van der Waals surface area contributed by atoms with Crippen LogP contribution in [0.2, 0.25) is 0 Å². The van der Waals surface area contributed by atoms with Gasteiger partial charge in [-0.3, -0.25) is 0 Å². The first-order valence-corrected chi connectivity index (χ1v) is 7.60. The van der Waals surface area contributed by atoms with E-state index in [0.717, 1.165) is 36.5 Å². The molecule has 0 aliphatic heterocycles. The molecule has 120 valence electrons. The quantitative estimate of drug-likeness (QED) is 0.716. The lowest BCUT2D eigenvalue weighted by molar-refractivity contribution is 0.174. The first-order chi connectivity index (χ1) is 10.8. The van der Waals surface area contributed by atoms with Gasteiger partial charge < -0.3 is 15.2 Å². The number of hydrogen-bond donors (Lipinski definition) is 1. The molecule has 0 radical (unpaired) electrons. The average molecular weight is 304 g/mol. The van der Waals surface area contributed by atoms with E-state index < -0.39 is 0 Å². The Morgan fingerprint density at radius 2 is 2.00 bits per heavy atom. The van der Waals surface area contributed by atoms with Crippen molar-refractivity contribution in [2.75, 3.05) is 13.7 Å². The van der Waals surface area contributed by atoms with Crippen LogP contribution >= 0.6 is 0 Å². The van der Waals surface area contributed by atoms with E-state index in [1.54, 1.807) is 7.11 Å². The third-order valence-corrected chi connectivity index (χ3v) is 3.51. The molecular weight excluding hydrogens is 280 g/mol. The monoisotopic (exact) mass is 304 g/mol. The Hall–Kier alpha value is -1.92. The molecule has 2 N–H and O–H groups in total. The molecule has 2 rings (SSSR count). The first-order valence-electron chi connectivity index (χ1n) is 7.60. The molecule has 0 unspecified atom stereocenters. The zero-order valence-corrected chi connectivity index (χ0v) is 13.3. The van der Waals surface area contributed by atoms with E-state index in [1.807, 2.05) is 16.8 Å². The van der Waals surface area contributed by atoms with Gasteiger partial charge in [-0.1, -0.05) is 24.3 Å². The van der Waals surface area contributed by atoms with Crippen molar-refractivity contribution in [3.63, 3.8) is 0 Å². The minimum Gasteiger partial charge on any atom is -0.494 e. The minimum absolute atomic E-state index is 0.374. The van der Waals surface area contributed by atoms with Crippen molar-refractivity contribution in [2.24, 2.45) is 5.73 Å².